The van der Waals surface area contributed by atoms with Crippen LogP contribution in [0.2, 0.25) is 0 Å². The van der Waals surface area contributed by atoms with Gasteiger partial charge in [-0.1, -0.05) is 49.3 Å². The zero-order valence-electron chi connectivity index (χ0n) is 14.7. The molecule has 1 unspecified atom stereocenters. The van der Waals surface area contributed by atoms with E-state index in [4.69, 9.17) is 0 Å². The summed E-state index contributed by atoms with van der Waals surface area (Å²) in [6, 6.07) is 0.541. The molecule has 1 aromatic heterocycles. The maximum atomic E-state index is 12.6. The molecule has 1 aliphatic heterocycles. The molecule has 1 aromatic rings. The third kappa shape index (κ3) is 4.85. The molecule has 1 saturated heterocycles. The van der Waals surface area contributed by atoms with Crippen molar-refractivity contribution in [1.82, 2.24) is 15.1 Å². The molecule has 2 fully saturated rings. The highest BCUT2D eigenvalue weighted by molar-refractivity contribution is 8.02. The number of likely N-dealkylation sites (tertiary alicyclic amines) is 1. The van der Waals surface area contributed by atoms with Gasteiger partial charge in [-0.25, -0.2) is 0 Å². The zero-order valence-corrected chi connectivity index (χ0v) is 16.3. The van der Waals surface area contributed by atoms with Crippen LogP contribution < -0.4 is 5.32 Å². The molecule has 1 saturated carbocycles. The summed E-state index contributed by atoms with van der Waals surface area (Å²) in [5.41, 5.74) is 0. The molecule has 3 rings (SSSR count). The van der Waals surface area contributed by atoms with E-state index in [-0.39, 0.29) is 11.2 Å². The number of amides is 1. The summed E-state index contributed by atoms with van der Waals surface area (Å²) < 4.78 is 0.888. The van der Waals surface area contributed by atoms with Gasteiger partial charge in [0.1, 0.15) is 0 Å². The predicted octanol–water partition coefficient (Wildman–Crippen LogP) is 4.02. The number of thioether (sulfide) groups is 1. The van der Waals surface area contributed by atoms with Crippen LogP contribution in [0.1, 0.15) is 58.8 Å². The molecule has 1 N–H and O–H groups in total. The highest BCUT2D eigenvalue weighted by Gasteiger charge is 2.26. The van der Waals surface area contributed by atoms with E-state index in [1.54, 1.807) is 23.1 Å². The van der Waals surface area contributed by atoms with Crippen LogP contribution in [0.4, 0.5) is 5.13 Å². The van der Waals surface area contributed by atoms with Gasteiger partial charge in [-0.3, -0.25) is 4.79 Å². The minimum Gasteiger partial charge on any atom is -0.357 e. The largest absolute Gasteiger partial charge is 0.357 e. The maximum Gasteiger partial charge on any atom is 0.235 e. The first-order valence-corrected chi connectivity index (χ1v) is 10.9. The van der Waals surface area contributed by atoms with Crippen LogP contribution in [0.5, 0.6) is 0 Å². The van der Waals surface area contributed by atoms with Crippen molar-refractivity contribution in [2.24, 2.45) is 5.92 Å². The number of nitrogens with zero attached hydrogens (tertiary/aromatic N) is 3. The fourth-order valence-corrected chi connectivity index (χ4v) is 5.48. The number of piperidine rings is 1. The normalized spacial score (nSPS) is 21.7. The molecular weight excluding hydrogens is 340 g/mol. The van der Waals surface area contributed by atoms with Gasteiger partial charge >= 0.3 is 0 Å². The van der Waals surface area contributed by atoms with E-state index in [9.17, 15) is 4.79 Å². The third-order valence-corrected chi connectivity index (χ3v) is 7.09. The Morgan fingerprint density at radius 3 is 2.62 bits per heavy atom. The van der Waals surface area contributed by atoms with Crippen molar-refractivity contribution in [1.29, 1.82) is 0 Å². The smallest absolute Gasteiger partial charge is 0.235 e. The molecule has 2 aliphatic rings. The Morgan fingerprint density at radius 2 is 1.92 bits per heavy atom. The van der Waals surface area contributed by atoms with E-state index in [0.29, 0.717) is 6.04 Å². The van der Waals surface area contributed by atoms with E-state index in [1.807, 2.05) is 11.8 Å². The summed E-state index contributed by atoms with van der Waals surface area (Å²) in [7, 11) is 0. The molecule has 7 heteroatoms. The summed E-state index contributed by atoms with van der Waals surface area (Å²) in [5.74, 6) is 0.984. The standard InChI is InChI=1S/C17H28N4OS2/c1-12-8-10-21(11-9-12)15(22)13(2)23-17-20-19-16(24-17)18-14-6-4-3-5-7-14/h12-14H,3-11H2,1-2H3,(H,18,19). The van der Waals surface area contributed by atoms with Crippen LogP contribution in [0.3, 0.4) is 0 Å². The van der Waals surface area contributed by atoms with Crippen molar-refractivity contribution < 1.29 is 4.79 Å². The average Bonchev–Trinajstić information content (AvgIpc) is 3.02. The highest BCUT2D eigenvalue weighted by atomic mass is 32.2. The van der Waals surface area contributed by atoms with E-state index < -0.39 is 0 Å². The third-order valence-electron chi connectivity index (χ3n) is 5.06. The lowest BCUT2D eigenvalue weighted by Crippen LogP contribution is -2.41. The van der Waals surface area contributed by atoms with Crippen LogP contribution >= 0.6 is 23.1 Å². The van der Waals surface area contributed by atoms with E-state index in [1.165, 1.54) is 32.1 Å². The second kappa shape index (κ2) is 8.52. The maximum absolute atomic E-state index is 12.6. The highest BCUT2D eigenvalue weighted by Crippen LogP contribution is 2.31. The minimum absolute atomic E-state index is 0.0890. The molecule has 1 atom stereocenters. The number of carbonyl (C=O) groups is 1. The van der Waals surface area contributed by atoms with Gasteiger partial charge in [0.15, 0.2) is 4.34 Å². The zero-order chi connectivity index (χ0) is 16.9. The molecule has 134 valence electrons. The number of anilines is 1. The topological polar surface area (TPSA) is 58.1 Å². The van der Waals surface area contributed by atoms with Crippen molar-refractivity contribution in [2.75, 3.05) is 18.4 Å². The lowest BCUT2D eigenvalue weighted by Gasteiger charge is -2.31. The van der Waals surface area contributed by atoms with Gasteiger partial charge in [-0.2, -0.15) is 0 Å². The van der Waals surface area contributed by atoms with Gasteiger partial charge in [0.25, 0.3) is 0 Å². The summed E-state index contributed by atoms with van der Waals surface area (Å²) in [4.78, 5) is 14.6. The molecule has 24 heavy (non-hydrogen) atoms. The molecule has 1 amide bonds. The second-order valence-electron chi connectivity index (χ2n) is 7.12. The number of nitrogens with one attached hydrogen (secondary N) is 1. The fraction of sp³-hybridized carbons (Fsp3) is 0.824. The minimum atomic E-state index is -0.0890. The Morgan fingerprint density at radius 1 is 1.21 bits per heavy atom. The predicted molar refractivity (Wildman–Crippen MR) is 101 cm³/mol. The van der Waals surface area contributed by atoms with Crippen LogP contribution in [-0.4, -0.2) is 45.4 Å². The van der Waals surface area contributed by atoms with Crippen molar-refractivity contribution in [3.05, 3.63) is 0 Å². The van der Waals surface area contributed by atoms with Crippen LogP contribution in [-0.2, 0) is 4.79 Å². The molecular formula is C17H28N4OS2. The summed E-state index contributed by atoms with van der Waals surface area (Å²) in [6.07, 6.45) is 8.66. The van der Waals surface area contributed by atoms with Crippen molar-refractivity contribution in [2.45, 2.75) is 74.4 Å². The van der Waals surface area contributed by atoms with Crippen LogP contribution in [0, 0.1) is 5.92 Å². The SMILES string of the molecule is CC1CCN(C(=O)C(C)Sc2nnc(NC3CCCCC3)s2)CC1. The van der Waals surface area contributed by atoms with Gasteiger partial charge in [-0.05, 0) is 38.5 Å². The lowest BCUT2D eigenvalue weighted by molar-refractivity contribution is -0.131. The Balaban J connectivity index is 1.49. The quantitative estimate of drug-likeness (QED) is 0.796. The molecule has 0 bridgehead atoms. The van der Waals surface area contributed by atoms with Crippen molar-refractivity contribution in [3.63, 3.8) is 0 Å². The first-order chi connectivity index (χ1) is 11.6. The number of hydrogen-bond donors (Lipinski definition) is 1. The van der Waals surface area contributed by atoms with Gasteiger partial charge in [0.05, 0.1) is 5.25 Å². The molecule has 1 aliphatic carbocycles. The number of aromatic nitrogens is 2. The Kier molecular flexibility index (Phi) is 6.38. The number of hydrogen-bond acceptors (Lipinski definition) is 6. The number of rotatable bonds is 5. The summed E-state index contributed by atoms with van der Waals surface area (Å²) in [5, 5.41) is 12.8. The van der Waals surface area contributed by atoms with Crippen LogP contribution in [0.15, 0.2) is 4.34 Å². The number of carbonyl (C=O) groups excluding carboxylic acids is 1. The van der Waals surface area contributed by atoms with E-state index in [0.717, 1.165) is 41.3 Å². The Labute approximate surface area is 153 Å². The second-order valence-corrected chi connectivity index (χ2v) is 9.69. The first kappa shape index (κ1) is 18.0. The van der Waals surface area contributed by atoms with Gasteiger partial charge in [-0.15, -0.1) is 10.2 Å². The van der Waals surface area contributed by atoms with Crippen molar-refractivity contribution >= 4 is 34.1 Å². The van der Waals surface area contributed by atoms with Gasteiger partial charge < -0.3 is 10.2 Å². The molecule has 0 spiro atoms. The fourth-order valence-electron chi connectivity index (χ4n) is 3.42. The summed E-state index contributed by atoms with van der Waals surface area (Å²) in [6.45, 7) is 6.05. The Hall–Kier alpha value is -0.820. The van der Waals surface area contributed by atoms with Crippen molar-refractivity contribution in [3.8, 4) is 0 Å². The van der Waals surface area contributed by atoms with E-state index >= 15 is 0 Å². The van der Waals surface area contributed by atoms with Crippen LogP contribution in [0.25, 0.3) is 0 Å². The molecule has 2 heterocycles. The first-order valence-electron chi connectivity index (χ1n) is 9.17. The average molecular weight is 369 g/mol. The lowest BCUT2D eigenvalue weighted by atomic mass is 9.96. The summed E-state index contributed by atoms with van der Waals surface area (Å²) >= 11 is 3.12. The molecule has 0 aromatic carbocycles. The monoisotopic (exact) mass is 368 g/mol. The van der Waals surface area contributed by atoms with Gasteiger partial charge in [0.2, 0.25) is 11.0 Å². The van der Waals surface area contributed by atoms with Gasteiger partial charge in [0, 0.05) is 19.1 Å². The Bertz CT molecular complexity index is 536. The van der Waals surface area contributed by atoms with E-state index in [2.05, 4.69) is 22.4 Å². The molecule has 5 nitrogen and oxygen atoms in total. The molecule has 0 radical (unpaired) electrons.